The van der Waals surface area contributed by atoms with Gasteiger partial charge >= 0.3 is 6.09 Å². The van der Waals surface area contributed by atoms with Gasteiger partial charge in [0, 0.05) is 32.0 Å². The number of anilines is 1. The molecule has 0 spiro atoms. The summed E-state index contributed by atoms with van der Waals surface area (Å²) in [5, 5.41) is 12.2. The molecule has 0 saturated carbocycles. The number of nitrogens with one attached hydrogen (secondary N) is 1. The summed E-state index contributed by atoms with van der Waals surface area (Å²) in [7, 11) is 0. The summed E-state index contributed by atoms with van der Waals surface area (Å²) in [4.78, 5) is 20.7. The normalized spacial score (nSPS) is 15.9. The topological polar surface area (TPSA) is 87.6 Å². The Labute approximate surface area is 118 Å². The maximum Gasteiger partial charge on any atom is 0.407 e. The maximum atomic E-state index is 10.8. The minimum Gasteiger partial charge on any atom is -0.475 e. The van der Waals surface area contributed by atoms with Crippen LogP contribution in [0, 0.1) is 5.92 Å². The summed E-state index contributed by atoms with van der Waals surface area (Å²) < 4.78 is 5.40. The number of aromatic nitrogens is 2. The number of rotatable bonds is 5. The van der Waals surface area contributed by atoms with Gasteiger partial charge in [-0.3, -0.25) is 0 Å². The van der Waals surface area contributed by atoms with E-state index >= 15 is 0 Å². The molecule has 0 unspecified atom stereocenters. The quantitative estimate of drug-likeness (QED) is 0.853. The van der Waals surface area contributed by atoms with Crippen molar-refractivity contribution in [3.8, 4) is 5.88 Å². The second kappa shape index (κ2) is 6.93. The number of ether oxygens (including phenoxy) is 1. The molecule has 0 aliphatic carbocycles. The van der Waals surface area contributed by atoms with Crippen molar-refractivity contribution in [3.63, 3.8) is 0 Å². The van der Waals surface area contributed by atoms with Crippen LogP contribution in [0.1, 0.15) is 19.8 Å². The molecule has 7 heteroatoms. The van der Waals surface area contributed by atoms with Gasteiger partial charge in [-0.2, -0.15) is 0 Å². The van der Waals surface area contributed by atoms with Gasteiger partial charge in [0.2, 0.25) is 0 Å². The molecule has 0 radical (unpaired) electrons. The smallest absolute Gasteiger partial charge is 0.407 e. The first-order valence-corrected chi connectivity index (χ1v) is 6.86. The van der Waals surface area contributed by atoms with Gasteiger partial charge in [0.15, 0.2) is 5.82 Å². The Bertz CT molecular complexity index is 447. The van der Waals surface area contributed by atoms with Crippen LogP contribution < -0.4 is 10.1 Å². The zero-order valence-corrected chi connectivity index (χ0v) is 11.6. The van der Waals surface area contributed by atoms with Crippen molar-refractivity contribution in [2.24, 2.45) is 5.92 Å². The molecule has 1 aromatic rings. The summed E-state index contributed by atoms with van der Waals surface area (Å²) in [5.41, 5.74) is 0. The van der Waals surface area contributed by atoms with Crippen LogP contribution in [0.15, 0.2) is 12.4 Å². The lowest BCUT2D eigenvalue weighted by Gasteiger charge is -2.30. The lowest BCUT2D eigenvalue weighted by Crippen LogP contribution is -2.39. The highest BCUT2D eigenvalue weighted by atomic mass is 16.5. The van der Waals surface area contributed by atoms with Crippen molar-refractivity contribution in [1.29, 1.82) is 0 Å². The molecule has 1 aliphatic heterocycles. The van der Waals surface area contributed by atoms with Crippen LogP contribution in [0.3, 0.4) is 0 Å². The third-order valence-electron chi connectivity index (χ3n) is 3.39. The second-order valence-corrected chi connectivity index (χ2v) is 4.74. The van der Waals surface area contributed by atoms with Crippen LogP contribution in [0.25, 0.3) is 0 Å². The van der Waals surface area contributed by atoms with E-state index in [0.717, 1.165) is 19.4 Å². The van der Waals surface area contributed by atoms with Crippen molar-refractivity contribution >= 4 is 11.9 Å². The summed E-state index contributed by atoms with van der Waals surface area (Å²) in [5.74, 6) is 1.61. The summed E-state index contributed by atoms with van der Waals surface area (Å²) in [6.45, 7) is 4.40. The molecule has 2 rings (SSSR count). The molecule has 0 bridgehead atoms. The molecular formula is C13H20N4O3. The van der Waals surface area contributed by atoms with E-state index in [2.05, 4.69) is 15.3 Å². The highest BCUT2D eigenvalue weighted by molar-refractivity contribution is 5.65. The summed E-state index contributed by atoms with van der Waals surface area (Å²) in [6, 6.07) is 0. The zero-order chi connectivity index (χ0) is 14.4. The highest BCUT2D eigenvalue weighted by Gasteiger charge is 2.22. The van der Waals surface area contributed by atoms with E-state index < -0.39 is 6.09 Å². The van der Waals surface area contributed by atoms with Gasteiger partial charge in [-0.15, -0.1) is 0 Å². The van der Waals surface area contributed by atoms with Crippen molar-refractivity contribution in [2.75, 3.05) is 31.6 Å². The fourth-order valence-electron chi connectivity index (χ4n) is 2.26. The van der Waals surface area contributed by atoms with E-state index in [9.17, 15) is 4.79 Å². The number of amides is 1. The van der Waals surface area contributed by atoms with Crippen molar-refractivity contribution in [3.05, 3.63) is 12.4 Å². The predicted octanol–water partition coefficient (Wildman–Crippen LogP) is 1.68. The number of likely N-dealkylation sites (tertiary alicyclic amines) is 1. The first-order valence-electron chi connectivity index (χ1n) is 6.86. The minimum atomic E-state index is -0.830. The number of nitrogens with zero attached hydrogens (tertiary/aromatic N) is 3. The number of hydrogen-bond acceptors (Lipinski definition) is 5. The minimum absolute atomic E-state index is 0.446. The third kappa shape index (κ3) is 3.72. The van der Waals surface area contributed by atoms with Gasteiger partial charge < -0.3 is 20.1 Å². The molecule has 1 fully saturated rings. The first kappa shape index (κ1) is 14.4. The zero-order valence-electron chi connectivity index (χ0n) is 11.6. The van der Waals surface area contributed by atoms with Gasteiger partial charge in [-0.1, -0.05) is 0 Å². The van der Waals surface area contributed by atoms with Crippen LogP contribution in [-0.2, 0) is 0 Å². The van der Waals surface area contributed by atoms with E-state index in [1.165, 1.54) is 4.90 Å². The molecular weight excluding hydrogens is 260 g/mol. The fraction of sp³-hybridized carbons (Fsp3) is 0.615. The van der Waals surface area contributed by atoms with E-state index in [4.69, 9.17) is 9.84 Å². The Morgan fingerprint density at radius 2 is 2.15 bits per heavy atom. The third-order valence-corrected chi connectivity index (χ3v) is 3.39. The Balaban J connectivity index is 1.83. The SMILES string of the molecule is CCOc1nccnc1NCC1CCN(C(=O)O)CC1. The van der Waals surface area contributed by atoms with E-state index in [0.29, 0.717) is 37.3 Å². The largest absolute Gasteiger partial charge is 0.475 e. The standard InChI is InChI=1S/C13H20N4O3/c1-2-20-12-11(14-5-6-15-12)16-9-10-3-7-17(8-4-10)13(18)19/h5-6,10H,2-4,7-9H2,1H3,(H,14,16)(H,18,19). The van der Waals surface area contributed by atoms with Gasteiger partial charge in [-0.25, -0.2) is 14.8 Å². The number of carbonyl (C=O) groups is 1. The molecule has 1 aromatic heterocycles. The molecule has 2 heterocycles. The van der Waals surface area contributed by atoms with Gasteiger partial charge in [0.05, 0.1) is 6.61 Å². The van der Waals surface area contributed by atoms with Crippen molar-refractivity contribution < 1.29 is 14.6 Å². The molecule has 0 aromatic carbocycles. The maximum absolute atomic E-state index is 10.8. The van der Waals surface area contributed by atoms with E-state index in [-0.39, 0.29) is 0 Å². The van der Waals surface area contributed by atoms with E-state index in [1.807, 2.05) is 6.92 Å². The average Bonchev–Trinajstić information content (AvgIpc) is 2.47. The first-order chi connectivity index (χ1) is 9.70. The lowest BCUT2D eigenvalue weighted by atomic mass is 9.97. The van der Waals surface area contributed by atoms with Crippen LogP contribution in [0.2, 0.25) is 0 Å². The predicted molar refractivity (Wildman–Crippen MR) is 74.0 cm³/mol. The van der Waals surface area contributed by atoms with Gasteiger partial charge in [-0.05, 0) is 25.7 Å². The van der Waals surface area contributed by atoms with Crippen molar-refractivity contribution in [1.82, 2.24) is 14.9 Å². The summed E-state index contributed by atoms with van der Waals surface area (Å²) in [6.07, 6.45) is 4.12. The Morgan fingerprint density at radius 3 is 2.80 bits per heavy atom. The number of piperidine rings is 1. The molecule has 1 amide bonds. The average molecular weight is 280 g/mol. The molecule has 20 heavy (non-hydrogen) atoms. The Kier molecular flexibility index (Phi) is 4.97. The Hall–Kier alpha value is -2.05. The molecule has 110 valence electrons. The van der Waals surface area contributed by atoms with Crippen molar-refractivity contribution in [2.45, 2.75) is 19.8 Å². The lowest BCUT2D eigenvalue weighted by molar-refractivity contribution is 0.126. The molecule has 1 saturated heterocycles. The van der Waals surface area contributed by atoms with Gasteiger partial charge in [0.25, 0.3) is 5.88 Å². The fourth-order valence-corrected chi connectivity index (χ4v) is 2.26. The van der Waals surface area contributed by atoms with Crippen LogP contribution >= 0.6 is 0 Å². The summed E-state index contributed by atoms with van der Waals surface area (Å²) >= 11 is 0. The molecule has 2 N–H and O–H groups in total. The van der Waals surface area contributed by atoms with Gasteiger partial charge in [0.1, 0.15) is 0 Å². The molecule has 7 nitrogen and oxygen atoms in total. The van der Waals surface area contributed by atoms with Crippen LogP contribution in [0.4, 0.5) is 10.6 Å². The highest BCUT2D eigenvalue weighted by Crippen LogP contribution is 2.21. The molecule has 1 aliphatic rings. The Morgan fingerprint density at radius 1 is 1.45 bits per heavy atom. The molecule has 0 atom stereocenters. The second-order valence-electron chi connectivity index (χ2n) is 4.74. The number of hydrogen-bond donors (Lipinski definition) is 2. The monoisotopic (exact) mass is 280 g/mol. The van der Waals surface area contributed by atoms with Crippen LogP contribution in [0.5, 0.6) is 5.88 Å². The van der Waals surface area contributed by atoms with Crippen LogP contribution in [-0.4, -0.2) is 52.3 Å². The van der Waals surface area contributed by atoms with E-state index in [1.54, 1.807) is 12.4 Å². The number of carboxylic acid groups (broad SMARTS) is 1.